The highest BCUT2D eigenvalue weighted by molar-refractivity contribution is 14.1. The molecule has 0 unspecified atom stereocenters. The monoisotopic (exact) mass is 684 g/mol. The first kappa shape index (κ1) is 24.2. The molecular weight excluding hydrogens is 665 g/mol. The maximum atomic E-state index is 13.4. The molecule has 0 aliphatic carbocycles. The van der Waals surface area contributed by atoms with Crippen LogP contribution in [0.15, 0.2) is 70.6 Å². The van der Waals surface area contributed by atoms with E-state index in [2.05, 4.69) is 62.4 Å². The number of ether oxygens (including phenoxy) is 1. The van der Waals surface area contributed by atoms with Crippen molar-refractivity contribution in [1.82, 2.24) is 5.32 Å². The van der Waals surface area contributed by atoms with Crippen LogP contribution in [0.5, 0.6) is 5.75 Å². The number of thioether (sulfide) groups is 1. The van der Waals surface area contributed by atoms with Crippen molar-refractivity contribution in [1.29, 1.82) is 0 Å². The minimum absolute atomic E-state index is 0.166. The lowest BCUT2D eigenvalue weighted by atomic mass is 10.2. The molecule has 0 atom stereocenters. The molecule has 1 amide bonds. The zero-order valence-corrected chi connectivity index (χ0v) is 22.7. The van der Waals surface area contributed by atoms with Crippen molar-refractivity contribution in [2.24, 2.45) is 4.99 Å². The van der Waals surface area contributed by atoms with Gasteiger partial charge >= 0.3 is 0 Å². The molecule has 1 N–H and O–H groups in total. The van der Waals surface area contributed by atoms with Gasteiger partial charge in [0.15, 0.2) is 5.17 Å². The summed E-state index contributed by atoms with van der Waals surface area (Å²) in [4.78, 5) is 17.6. The van der Waals surface area contributed by atoms with E-state index in [0.717, 1.165) is 36.1 Å². The van der Waals surface area contributed by atoms with Crippen LogP contribution in [0.25, 0.3) is 6.08 Å². The summed E-state index contributed by atoms with van der Waals surface area (Å²) in [5.74, 6) is 0.292. The number of carbonyl (C=O) groups is 1. The Hall–Kier alpha value is -1.92. The van der Waals surface area contributed by atoms with Gasteiger partial charge in [0.25, 0.3) is 5.91 Å². The predicted octanol–water partition coefficient (Wildman–Crippen LogP) is 7.07. The van der Waals surface area contributed by atoms with Crippen LogP contribution in [-0.2, 0) is 17.8 Å². The molecule has 1 aliphatic heterocycles. The van der Waals surface area contributed by atoms with Gasteiger partial charge in [-0.3, -0.25) is 4.79 Å². The Labute approximate surface area is 223 Å². The zero-order valence-electron chi connectivity index (χ0n) is 17.6. The van der Waals surface area contributed by atoms with Crippen LogP contribution >= 0.6 is 56.9 Å². The molecular formula is C25H19FI2N2O2S. The smallest absolute Gasteiger partial charge is 0.264 e. The Morgan fingerprint density at radius 3 is 2.45 bits per heavy atom. The van der Waals surface area contributed by atoms with Gasteiger partial charge in [0.05, 0.1) is 17.7 Å². The van der Waals surface area contributed by atoms with E-state index in [-0.39, 0.29) is 18.3 Å². The van der Waals surface area contributed by atoms with Gasteiger partial charge in [-0.2, -0.15) is 0 Å². The predicted molar refractivity (Wildman–Crippen MR) is 149 cm³/mol. The summed E-state index contributed by atoms with van der Waals surface area (Å²) >= 11 is 5.75. The van der Waals surface area contributed by atoms with E-state index < -0.39 is 0 Å². The molecule has 3 aromatic carbocycles. The van der Waals surface area contributed by atoms with Crippen LogP contribution in [0.1, 0.15) is 23.6 Å². The lowest BCUT2D eigenvalue weighted by Crippen LogP contribution is -2.19. The van der Waals surface area contributed by atoms with Crippen LogP contribution in [0.2, 0.25) is 0 Å². The molecule has 33 heavy (non-hydrogen) atoms. The number of benzene rings is 3. The maximum Gasteiger partial charge on any atom is 0.264 e. The fourth-order valence-electron chi connectivity index (χ4n) is 3.14. The molecule has 4 nitrogen and oxygen atoms in total. The third kappa shape index (κ3) is 6.36. The molecule has 1 saturated heterocycles. The lowest BCUT2D eigenvalue weighted by molar-refractivity contribution is -0.115. The third-order valence-corrected chi connectivity index (χ3v) is 7.33. The fraction of sp³-hybridized carbons (Fsp3) is 0.120. The average molecular weight is 684 g/mol. The van der Waals surface area contributed by atoms with Gasteiger partial charge in [-0.25, -0.2) is 9.38 Å². The van der Waals surface area contributed by atoms with Crippen molar-refractivity contribution >= 4 is 79.8 Å². The van der Waals surface area contributed by atoms with Crippen molar-refractivity contribution in [3.8, 4) is 5.75 Å². The summed E-state index contributed by atoms with van der Waals surface area (Å²) in [7, 11) is 0. The van der Waals surface area contributed by atoms with Crippen molar-refractivity contribution in [2.45, 2.75) is 20.0 Å². The highest BCUT2D eigenvalue weighted by Crippen LogP contribution is 2.33. The van der Waals surface area contributed by atoms with Crippen LogP contribution < -0.4 is 10.1 Å². The Balaban J connectivity index is 1.49. The van der Waals surface area contributed by atoms with Crippen molar-refractivity contribution in [3.63, 3.8) is 0 Å². The number of amides is 1. The highest BCUT2D eigenvalue weighted by atomic mass is 127. The molecule has 3 aromatic rings. The van der Waals surface area contributed by atoms with E-state index in [1.54, 1.807) is 6.07 Å². The molecule has 0 saturated carbocycles. The number of rotatable bonds is 6. The molecule has 0 aromatic heterocycles. The summed E-state index contributed by atoms with van der Waals surface area (Å²) in [5.41, 5.74) is 3.71. The quantitative estimate of drug-likeness (QED) is 0.224. The van der Waals surface area contributed by atoms with Gasteiger partial charge in [0, 0.05) is 0 Å². The normalized spacial score (nSPS) is 15.8. The number of halogens is 3. The Morgan fingerprint density at radius 2 is 1.79 bits per heavy atom. The van der Waals surface area contributed by atoms with Crippen LogP contribution in [0.4, 0.5) is 10.1 Å². The number of nitrogens with zero attached hydrogens (tertiary/aromatic N) is 1. The Morgan fingerprint density at radius 1 is 1.06 bits per heavy atom. The van der Waals surface area contributed by atoms with Gasteiger partial charge in [-0.05, 0) is 123 Å². The van der Waals surface area contributed by atoms with E-state index in [1.807, 2.05) is 48.5 Å². The molecule has 0 spiro atoms. The van der Waals surface area contributed by atoms with Crippen molar-refractivity contribution in [2.75, 3.05) is 0 Å². The second kappa shape index (κ2) is 11.0. The molecule has 1 fully saturated rings. The Bertz CT molecular complexity index is 1240. The summed E-state index contributed by atoms with van der Waals surface area (Å²) in [6, 6.07) is 18.3. The third-order valence-electron chi connectivity index (χ3n) is 4.82. The fourth-order valence-corrected chi connectivity index (χ4v) is 6.11. The number of aliphatic imine (C=N–C) groups is 1. The lowest BCUT2D eigenvalue weighted by Gasteiger charge is -2.12. The highest BCUT2D eigenvalue weighted by Gasteiger charge is 2.24. The first-order valence-corrected chi connectivity index (χ1v) is 13.1. The second-order valence-corrected chi connectivity index (χ2v) is 10.6. The van der Waals surface area contributed by atoms with Gasteiger partial charge in [0.2, 0.25) is 0 Å². The average Bonchev–Trinajstić information content (AvgIpc) is 3.12. The van der Waals surface area contributed by atoms with Gasteiger partial charge in [0.1, 0.15) is 18.2 Å². The van der Waals surface area contributed by atoms with Gasteiger partial charge < -0.3 is 10.1 Å². The van der Waals surface area contributed by atoms with E-state index in [9.17, 15) is 9.18 Å². The number of hydrogen-bond donors (Lipinski definition) is 1. The molecule has 0 radical (unpaired) electrons. The van der Waals surface area contributed by atoms with Gasteiger partial charge in [-0.15, -0.1) is 0 Å². The summed E-state index contributed by atoms with van der Waals surface area (Å²) in [6.45, 7) is 2.39. The zero-order chi connectivity index (χ0) is 23.4. The number of aryl methyl sites for hydroxylation is 1. The summed E-state index contributed by atoms with van der Waals surface area (Å²) in [5, 5.41) is 3.40. The minimum atomic E-state index is -0.282. The topological polar surface area (TPSA) is 50.7 Å². The van der Waals surface area contributed by atoms with E-state index in [1.165, 1.54) is 29.5 Å². The largest absolute Gasteiger partial charge is 0.487 e. The maximum absolute atomic E-state index is 13.4. The molecule has 168 valence electrons. The van der Waals surface area contributed by atoms with E-state index >= 15 is 0 Å². The standard InChI is InChI=1S/C25H19FI2N2O2S/c1-2-15-6-8-19(9-7-15)29-25-30-24(31)22(33-25)13-17-11-20(27)23(21(28)12-17)32-14-16-4-3-5-18(26)10-16/h3-13H,2,14H2,1H3,(H,29,30,31)/b22-13-. The van der Waals surface area contributed by atoms with E-state index in [0.29, 0.717) is 10.1 Å². The SMILES string of the molecule is CCc1ccc(N=C2NC(=O)/C(=C/c3cc(I)c(OCc4cccc(F)c4)c(I)c3)S2)cc1. The number of hydrogen-bond acceptors (Lipinski definition) is 4. The van der Waals surface area contributed by atoms with Crippen LogP contribution in [0.3, 0.4) is 0 Å². The molecule has 8 heteroatoms. The second-order valence-electron chi connectivity index (χ2n) is 7.23. The Kier molecular flexibility index (Phi) is 8.07. The molecule has 4 rings (SSSR count). The van der Waals surface area contributed by atoms with Crippen molar-refractivity contribution in [3.05, 3.63) is 95.2 Å². The summed E-state index contributed by atoms with van der Waals surface area (Å²) < 4.78 is 21.2. The van der Waals surface area contributed by atoms with Gasteiger partial charge in [-0.1, -0.05) is 31.2 Å². The number of nitrogens with one attached hydrogen (secondary N) is 1. The number of carbonyl (C=O) groups excluding carboxylic acids is 1. The van der Waals surface area contributed by atoms with Crippen molar-refractivity contribution < 1.29 is 13.9 Å². The molecule has 1 aliphatic rings. The minimum Gasteiger partial charge on any atom is -0.487 e. The van der Waals surface area contributed by atoms with Crippen LogP contribution in [-0.4, -0.2) is 11.1 Å². The first-order valence-electron chi connectivity index (χ1n) is 10.2. The molecule has 0 bridgehead atoms. The first-order chi connectivity index (χ1) is 15.9. The number of amidine groups is 1. The van der Waals surface area contributed by atoms with Crippen LogP contribution in [0, 0.1) is 13.0 Å². The summed E-state index contributed by atoms with van der Waals surface area (Å²) in [6.07, 6.45) is 2.82. The van der Waals surface area contributed by atoms with E-state index in [4.69, 9.17) is 4.74 Å². The molecule has 1 heterocycles.